The first kappa shape index (κ1) is 16.7. The smallest absolute Gasteiger partial charge is 0.321 e. The summed E-state index contributed by atoms with van der Waals surface area (Å²) >= 11 is 0. The summed E-state index contributed by atoms with van der Waals surface area (Å²) in [6.45, 7) is 7.02. The molecule has 0 heterocycles. The molecule has 0 aromatic heterocycles. The molecule has 0 amide bonds. The Morgan fingerprint density at radius 2 is 1.75 bits per heavy atom. The molecule has 0 saturated carbocycles. The Morgan fingerprint density at radius 1 is 1.25 bits per heavy atom. The lowest BCUT2D eigenvalue weighted by Gasteiger charge is -2.19. The Hall–Kier alpha value is -1.40. The van der Waals surface area contributed by atoms with Gasteiger partial charge >= 0.3 is 5.97 Å². The summed E-state index contributed by atoms with van der Waals surface area (Å²) in [5, 5.41) is 9.06. The van der Waals surface area contributed by atoms with Gasteiger partial charge in [-0.1, -0.05) is 32.0 Å². The zero-order valence-corrected chi connectivity index (χ0v) is 13.0. The highest BCUT2D eigenvalue weighted by Gasteiger charge is 2.27. The maximum atomic E-state index is 12.1. The topological polar surface area (TPSA) is 83.5 Å². The van der Waals surface area contributed by atoms with E-state index in [1.54, 1.807) is 13.8 Å². The Morgan fingerprint density at radius 3 is 2.15 bits per heavy atom. The third-order valence-corrected chi connectivity index (χ3v) is 4.50. The second-order valence-electron chi connectivity index (χ2n) is 5.31. The first-order chi connectivity index (χ1) is 9.14. The van der Waals surface area contributed by atoms with Crippen LogP contribution in [0.5, 0.6) is 0 Å². The van der Waals surface area contributed by atoms with Crippen molar-refractivity contribution in [3.05, 3.63) is 34.9 Å². The molecule has 0 saturated heterocycles. The molecule has 1 aromatic carbocycles. The minimum absolute atomic E-state index is 0.206. The Kier molecular flexibility index (Phi) is 5.30. The molecule has 0 spiro atoms. The average Bonchev–Trinajstić information content (AvgIpc) is 2.30. The van der Waals surface area contributed by atoms with E-state index in [4.69, 9.17) is 5.11 Å². The number of aryl methyl sites for hydroxylation is 2. The van der Waals surface area contributed by atoms with Crippen LogP contribution in [0.2, 0.25) is 0 Å². The summed E-state index contributed by atoms with van der Waals surface area (Å²) in [5.74, 6) is -1.69. The molecular formula is C14H21NO4S. The predicted molar refractivity (Wildman–Crippen MR) is 77.9 cm³/mol. The minimum atomic E-state index is -3.70. The maximum Gasteiger partial charge on any atom is 0.321 e. The molecule has 1 atom stereocenters. The van der Waals surface area contributed by atoms with Crippen molar-refractivity contribution in [2.45, 2.75) is 39.5 Å². The van der Waals surface area contributed by atoms with Crippen molar-refractivity contribution in [1.82, 2.24) is 4.72 Å². The molecule has 112 valence electrons. The fourth-order valence-electron chi connectivity index (χ4n) is 1.97. The van der Waals surface area contributed by atoms with Crippen molar-refractivity contribution in [2.24, 2.45) is 5.92 Å². The number of rotatable bonds is 6. The van der Waals surface area contributed by atoms with Crippen LogP contribution in [0.1, 0.15) is 30.5 Å². The van der Waals surface area contributed by atoms with Gasteiger partial charge < -0.3 is 5.11 Å². The van der Waals surface area contributed by atoms with Crippen LogP contribution in [-0.4, -0.2) is 25.5 Å². The average molecular weight is 299 g/mol. The number of hydrogen-bond acceptors (Lipinski definition) is 3. The SMILES string of the molecule is Cc1cccc(C)c1CS(=O)(=O)N[C@@H](C(=O)O)C(C)C. The molecule has 0 fully saturated rings. The van der Waals surface area contributed by atoms with E-state index in [1.807, 2.05) is 32.0 Å². The number of carbonyl (C=O) groups is 1. The Bertz CT molecular complexity index is 573. The van der Waals surface area contributed by atoms with Gasteiger partial charge in [-0.3, -0.25) is 4.79 Å². The first-order valence-electron chi connectivity index (χ1n) is 6.42. The van der Waals surface area contributed by atoms with Gasteiger partial charge in [0.15, 0.2) is 0 Å². The van der Waals surface area contributed by atoms with Gasteiger partial charge in [0.1, 0.15) is 6.04 Å². The summed E-state index contributed by atoms with van der Waals surface area (Å²) in [6.07, 6.45) is 0. The van der Waals surface area contributed by atoms with Crippen molar-refractivity contribution in [3.63, 3.8) is 0 Å². The molecule has 0 aliphatic heterocycles. The van der Waals surface area contributed by atoms with Crippen LogP contribution in [0.3, 0.4) is 0 Å². The van der Waals surface area contributed by atoms with E-state index in [0.29, 0.717) is 5.56 Å². The van der Waals surface area contributed by atoms with Crippen LogP contribution in [-0.2, 0) is 20.6 Å². The number of aliphatic carboxylic acids is 1. The monoisotopic (exact) mass is 299 g/mol. The highest BCUT2D eigenvalue weighted by molar-refractivity contribution is 7.88. The summed E-state index contributed by atoms with van der Waals surface area (Å²) in [4.78, 5) is 11.1. The molecule has 0 bridgehead atoms. The van der Waals surface area contributed by atoms with Crippen molar-refractivity contribution >= 4 is 16.0 Å². The van der Waals surface area contributed by atoms with Crippen molar-refractivity contribution in [1.29, 1.82) is 0 Å². The highest BCUT2D eigenvalue weighted by Crippen LogP contribution is 2.17. The van der Waals surface area contributed by atoms with Gasteiger partial charge in [0, 0.05) is 0 Å². The third-order valence-electron chi connectivity index (χ3n) is 3.22. The fourth-order valence-corrected chi connectivity index (χ4v) is 3.65. The molecule has 0 aliphatic carbocycles. The Labute approximate surface area is 120 Å². The van der Waals surface area contributed by atoms with Gasteiger partial charge in [-0.25, -0.2) is 13.1 Å². The predicted octanol–water partition coefficient (Wildman–Crippen LogP) is 1.83. The lowest BCUT2D eigenvalue weighted by molar-refractivity contribution is -0.140. The lowest BCUT2D eigenvalue weighted by atomic mass is 10.1. The summed E-state index contributed by atoms with van der Waals surface area (Å²) in [7, 11) is -3.70. The summed E-state index contributed by atoms with van der Waals surface area (Å²) < 4.78 is 26.6. The third kappa shape index (κ3) is 4.31. The van der Waals surface area contributed by atoms with E-state index >= 15 is 0 Å². The van der Waals surface area contributed by atoms with Gasteiger partial charge in [-0.15, -0.1) is 0 Å². The molecule has 1 aromatic rings. The van der Waals surface area contributed by atoms with Crippen LogP contribution < -0.4 is 4.72 Å². The van der Waals surface area contributed by atoms with E-state index in [-0.39, 0.29) is 11.7 Å². The standard InChI is InChI=1S/C14H21NO4S/c1-9(2)13(14(16)17)15-20(18,19)8-12-10(3)6-5-7-11(12)4/h5-7,9,13,15H,8H2,1-4H3,(H,16,17)/t13-/m1/s1. The van der Waals surface area contributed by atoms with Crippen molar-refractivity contribution < 1.29 is 18.3 Å². The van der Waals surface area contributed by atoms with E-state index < -0.39 is 22.0 Å². The molecule has 1 rings (SSSR count). The zero-order chi connectivity index (χ0) is 15.5. The van der Waals surface area contributed by atoms with Gasteiger partial charge in [0.2, 0.25) is 10.0 Å². The second kappa shape index (κ2) is 6.37. The van der Waals surface area contributed by atoms with Gasteiger partial charge in [0.25, 0.3) is 0 Å². The lowest BCUT2D eigenvalue weighted by Crippen LogP contribution is -2.44. The second-order valence-corrected chi connectivity index (χ2v) is 7.06. The largest absolute Gasteiger partial charge is 0.480 e. The van der Waals surface area contributed by atoms with Crippen molar-refractivity contribution in [3.8, 4) is 0 Å². The van der Waals surface area contributed by atoms with Gasteiger partial charge in [-0.2, -0.15) is 0 Å². The normalized spacial score (nSPS) is 13.4. The van der Waals surface area contributed by atoms with Gasteiger partial charge in [0.05, 0.1) is 5.75 Å². The number of carboxylic acid groups (broad SMARTS) is 1. The molecule has 6 heteroatoms. The molecule has 0 radical (unpaired) electrons. The Balaban J connectivity index is 2.98. The minimum Gasteiger partial charge on any atom is -0.480 e. The van der Waals surface area contributed by atoms with Crippen LogP contribution in [0.15, 0.2) is 18.2 Å². The van der Waals surface area contributed by atoms with Crippen LogP contribution in [0, 0.1) is 19.8 Å². The van der Waals surface area contributed by atoms with Gasteiger partial charge in [-0.05, 0) is 36.5 Å². The number of nitrogens with one attached hydrogen (secondary N) is 1. The van der Waals surface area contributed by atoms with E-state index in [2.05, 4.69) is 4.72 Å². The molecular weight excluding hydrogens is 278 g/mol. The van der Waals surface area contributed by atoms with Crippen molar-refractivity contribution in [2.75, 3.05) is 0 Å². The number of hydrogen-bond donors (Lipinski definition) is 2. The van der Waals surface area contributed by atoms with E-state index in [9.17, 15) is 13.2 Å². The quantitative estimate of drug-likeness (QED) is 0.839. The summed E-state index contributed by atoms with van der Waals surface area (Å²) in [5.41, 5.74) is 2.48. The molecule has 2 N–H and O–H groups in total. The number of carboxylic acids is 1. The van der Waals surface area contributed by atoms with E-state index in [1.165, 1.54) is 0 Å². The molecule has 0 unspecified atom stereocenters. The first-order valence-corrected chi connectivity index (χ1v) is 8.07. The molecule has 20 heavy (non-hydrogen) atoms. The summed E-state index contributed by atoms with van der Waals surface area (Å²) in [6, 6.07) is 4.44. The van der Waals surface area contributed by atoms with E-state index in [0.717, 1.165) is 11.1 Å². The van der Waals surface area contributed by atoms with Crippen LogP contribution in [0.25, 0.3) is 0 Å². The zero-order valence-electron chi connectivity index (χ0n) is 12.2. The molecule has 5 nitrogen and oxygen atoms in total. The van der Waals surface area contributed by atoms with Crippen LogP contribution >= 0.6 is 0 Å². The molecule has 0 aliphatic rings. The number of sulfonamides is 1. The number of benzene rings is 1. The highest BCUT2D eigenvalue weighted by atomic mass is 32.2. The fraction of sp³-hybridized carbons (Fsp3) is 0.500. The van der Waals surface area contributed by atoms with Crippen LogP contribution in [0.4, 0.5) is 0 Å². The maximum absolute atomic E-state index is 12.1.